The summed E-state index contributed by atoms with van der Waals surface area (Å²) in [6.45, 7) is 0. The number of nitrogens with zero attached hydrogens (tertiary/aromatic N) is 1. The molecule has 0 spiro atoms. The number of halogens is 1. The highest BCUT2D eigenvalue weighted by Gasteiger charge is 2.11. The lowest BCUT2D eigenvalue weighted by atomic mass is 10.3. The van der Waals surface area contributed by atoms with E-state index < -0.39 is 11.7 Å². The van der Waals surface area contributed by atoms with E-state index in [1.54, 1.807) is 7.05 Å². The summed E-state index contributed by atoms with van der Waals surface area (Å²) < 4.78 is 0.460. The van der Waals surface area contributed by atoms with Crippen LogP contribution in [0.5, 0.6) is 0 Å². The van der Waals surface area contributed by atoms with Crippen molar-refractivity contribution in [3.8, 4) is 0 Å². The number of aromatic amines is 1. The molecule has 76 valence electrons. The van der Waals surface area contributed by atoms with Crippen molar-refractivity contribution in [3.05, 3.63) is 20.7 Å². The molecule has 14 heavy (non-hydrogen) atoms. The van der Waals surface area contributed by atoms with Crippen molar-refractivity contribution >= 4 is 27.7 Å². The van der Waals surface area contributed by atoms with E-state index in [2.05, 4.69) is 31.2 Å². The Bertz CT molecular complexity index is 415. The highest BCUT2D eigenvalue weighted by Crippen LogP contribution is 2.20. The van der Waals surface area contributed by atoms with Gasteiger partial charge in [0, 0.05) is 12.7 Å². The van der Waals surface area contributed by atoms with Gasteiger partial charge in [0.15, 0.2) is 0 Å². The summed E-state index contributed by atoms with van der Waals surface area (Å²) in [4.78, 5) is 27.4. The topological polar surface area (TPSA) is 95.1 Å². The number of aromatic nitrogens is 2. The summed E-state index contributed by atoms with van der Waals surface area (Å²) in [5.41, 5.74) is -0.282. The molecule has 0 aliphatic rings. The third kappa shape index (κ3) is 2.32. The molecule has 1 aromatic rings. The average molecular weight is 262 g/mol. The third-order valence-electron chi connectivity index (χ3n) is 1.51. The summed E-state index contributed by atoms with van der Waals surface area (Å²) in [5, 5.41) is 11.2. The maximum Gasteiger partial charge on any atom is 0.347 e. The fourth-order valence-corrected chi connectivity index (χ4v) is 1.47. The standard InChI is InChI=1S/C7H8BrN3O3/c1-9-6-5(8)3(2-4(12)13)10-7(14)11-6/h2H2,1H3,(H,12,13)(H2,9,10,11,14). The van der Waals surface area contributed by atoms with Crippen LogP contribution in [-0.4, -0.2) is 28.1 Å². The summed E-state index contributed by atoms with van der Waals surface area (Å²) >= 11 is 3.15. The monoisotopic (exact) mass is 261 g/mol. The summed E-state index contributed by atoms with van der Waals surface area (Å²) in [6, 6.07) is 0. The number of hydrogen-bond acceptors (Lipinski definition) is 4. The highest BCUT2D eigenvalue weighted by molar-refractivity contribution is 9.10. The number of anilines is 1. The molecule has 1 aromatic heterocycles. The molecule has 0 unspecified atom stereocenters. The second-order valence-corrected chi connectivity index (χ2v) is 3.30. The van der Waals surface area contributed by atoms with Crippen molar-refractivity contribution in [1.29, 1.82) is 0 Å². The number of hydrogen-bond donors (Lipinski definition) is 3. The van der Waals surface area contributed by atoms with Gasteiger partial charge in [-0.15, -0.1) is 0 Å². The first-order chi connectivity index (χ1) is 6.54. The minimum atomic E-state index is -1.02. The van der Waals surface area contributed by atoms with Gasteiger partial charge in [0.25, 0.3) is 0 Å². The van der Waals surface area contributed by atoms with Crippen LogP contribution in [0.15, 0.2) is 9.27 Å². The number of H-pyrrole nitrogens is 1. The van der Waals surface area contributed by atoms with Crippen LogP contribution >= 0.6 is 15.9 Å². The van der Waals surface area contributed by atoms with Gasteiger partial charge in [0.1, 0.15) is 5.82 Å². The van der Waals surface area contributed by atoms with Crippen LogP contribution in [-0.2, 0) is 11.2 Å². The van der Waals surface area contributed by atoms with Gasteiger partial charge >= 0.3 is 11.7 Å². The van der Waals surface area contributed by atoms with Crippen LogP contribution in [0.4, 0.5) is 5.82 Å². The van der Waals surface area contributed by atoms with E-state index in [0.29, 0.717) is 16.0 Å². The van der Waals surface area contributed by atoms with Gasteiger partial charge in [-0.25, -0.2) is 4.79 Å². The van der Waals surface area contributed by atoms with E-state index in [9.17, 15) is 9.59 Å². The molecule has 0 saturated heterocycles. The Morgan fingerprint density at radius 1 is 1.71 bits per heavy atom. The number of carbonyl (C=O) groups is 1. The second-order valence-electron chi connectivity index (χ2n) is 2.50. The van der Waals surface area contributed by atoms with E-state index in [0.717, 1.165) is 0 Å². The first-order valence-electron chi connectivity index (χ1n) is 3.73. The minimum Gasteiger partial charge on any atom is -0.481 e. The molecule has 0 bridgehead atoms. The van der Waals surface area contributed by atoms with Crippen LogP contribution in [0, 0.1) is 0 Å². The molecule has 1 rings (SSSR count). The SMILES string of the molecule is CNc1nc(=O)[nH]c(CC(=O)O)c1Br. The number of nitrogens with one attached hydrogen (secondary N) is 2. The number of aliphatic carboxylic acids is 1. The molecule has 0 fully saturated rings. The molecule has 0 aliphatic heterocycles. The van der Waals surface area contributed by atoms with Crippen LogP contribution in [0.25, 0.3) is 0 Å². The van der Waals surface area contributed by atoms with Crippen LogP contribution < -0.4 is 11.0 Å². The Morgan fingerprint density at radius 3 is 2.86 bits per heavy atom. The molecule has 0 atom stereocenters. The zero-order valence-corrected chi connectivity index (χ0v) is 8.88. The Morgan fingerprint density at radius 2 is 2.36 bits per heavy atom. The quantitative estimate of drug-likeness (QED) is 0.723. The lowest BCUT2D eigenvalue weighted by Gasteiger charge is -2.05. The summed E-state index contributed by atoms with van der Waals surface area (Å²) in [6.07, 6.45) is -0.257. The molecule has 1 heterocycles. The predicted octanol–water partition coefficient (Wildman–Crippen LogP) is 0.201. The van der Waals surface area contributed by atoms with Crippen LogP contribution in [0.1, 0.15) is 5.69 Å². The average Bonchev–Trinajstić information content (AvgIpc) is 2.09. The molecule has 0 saturated carbocycles. The van der Waals surface area contributed by atoms with Crippen LogP contribution in [0.3, 0.4) is 0 Å². The maximum absolute atomic E-state index is 11.0. The Balaban J connectivity index is 3.22. The van der Waals surface area contributed by atoms with E-state index in [4.69, 9.17) is 5.11 Å². The number of carboxylic acid groups (broad SMARTS) is 1. The van der Waals surface area contributed by atoms with Gasteiger partial charge in [-0.1, -0.05) is 0 Å². The van der Waals surface area contributed by atoms with Gasteiger partial charge in [-0.05, 0) is 15.9 Å². The summed E-state index contributed by atoms with van der Waals surface area (Å²) in [7, 11) is 1.59. The molecule has 0 amide bonds. The van der Waals surface area contributed by atoms with E-state index >= 15 is 0 Å². The zero-order chi connectivity index (χ0) is 10.7. The van der Waals surface area contributed by atoms with Gasteiger partial charge in [-0.3, -0.25) is 4.79 Å². The Kier molecular flexibility index (Phi) is 3.23. The highest BCUT2D eigenvalue weighted by atomic mass is 79.9. The van der Waals surface area contributed by atoms with Gasteiger partial charge in [-0.2, -0.15) is 4.98 Å². The van der Waals surface area contributed by atoms with Gasteiger partial charge < -0.3 is 15.4 Å². The first kappa shape index (κ1) is 10.7. The van der Waals surface area contributed by atoms with Crippen molar-refractivity contribution in [3.63, 3.8) is 0 Å². The molecule has 0 aromatic carbocycles. The molecule has 3 N–H and O–H groups in total. The van der Waals surface area contributed by atoms with Crippen molar-refractivity contribution < 1.29 is 9.90 Å². The molecule has 7 heteroatoms. The van der Waals surface area contributed by atoms with E-state index in [1.165, 1.54) is 0 Å². The second kappa shape index (κ2) is 4.23. The van der Waals surface area contributed by atoms with Crippen molar-refractivity contribution in [2.45, 2.75) is 6.42 Å². The lowest BCUT2D eigenvalue weighted by molar-refractivity contribution is -0.136. The molecular formula is C7H8BrN3O3. The van der Waals surface area contributed by atoms with Gasteiger partial charge in [0.05, 0.1) is 10.9 Å². The van der Waals surface area contributed by atoms with E-state index in [1.807, 2.05) is 0 Å². The Hall–Kier alpha value is -1.37. The minimum absolute atomic E-state index is 0.257. The largest absolute Gasteiger partial charge is 0.481 e. The van der Waals surface area contributed by atoms with Crippen LogP contribution in [0.2, 0.25) is 0 Å². The molecule has 0 aliphatic carbocycles. The predicted molar refractivity (Wildman–Crippen MR) is 53.4 cm³/mol. The van der Waals surface area contributed by atoms with Gasteiger partial charge in [0.2, 0.25) is 0 Å². The first-order valence-corrected chi connectivity index (χ1v) is 4.52. The molecular weight excluding hydrogens is 254 g/mol. The fraction of sp³-hybridized carbons (Fsp3) is 0.286. The maximum atomic E-state index is 11.0. The molecule has 0 radical (unpaired) electrons. The van der Waals surface area contributed by atoms with Crippen molar-refractivity contribution in [2.75, 3.05) is 12.4 Å². The zero-order valence-electron chi connectivity index (χ0n) is 7.30. The third-order valence-corrected chi connectivity index (χ3v) is 2.36. The van der Waals surface area contributed by atoms with Crippen molar-refractivity contribution in [1.82, 2.24) is 9.97 Å². The Labute approximate surface area is 87.5 Å². The number of carboxylic acids is 1. The lowest BCUT2D eigenvalue weighted by Crippen LogP contribution is -2.18. The van der Waals surface area contributed by atoms with Crippen molar-refractivity contribution in [2.24, 2.45) is 0 Å². The normalized spacial score (nSPS) is 9.86. The van der Waals surface area contributed by atoms with E-state index in [-0.39, 0.29) is 6.42 Å². The number of rotatable bonds is 3. The fourth-order valence-electron chi connectivity index (χ4n) is 0.944. The molecule has 6 nitrogen and oxygen atoms in total. The summed E-state index contributed by atoms with van der Waals surface area (Å²) in [5.74, 6) is -0.695. The smallest absolute Gasteiger partial charge is 0.347 e.